The van der Waals surface area contributed by atoms with Crippen LogP contribution in [0.4, 0.5) is 5.82 Å². The highest BCUT2D eigenvalue weighted by atomic mass is 35.7. The van der Waals surface area contributed by atoms with E-state index in [1.807, 2.05) is 0 Å². The summed E-state index contributed by atoms with van der Waals surface area (Å²) in [6.07, 6.45) is 4.89. The summed E-state index contributed by atoms with van der Waals surface area (Å²) in [5.41, 5.74) is 0. The Morgan fingerprint density at radius 3 is 2.85 bits per heavy atom. The average Bonchev–Trinajstić information content (AvgIpc) is 2.96. The van der Waals surface area contributed by atoms with Gasteiger partial charge in [-0.3, -0.25) is 0 Å². The molecule has 0 saturated carbocycles. The van der Waals surface area contributed by atoms with Crippen molar-refractivity contribution in [2.45, 2.75) is 43.2 Å². The van der Waals surface area contributed by atoms with Crippen molar-refractivity contribution in [3.63, 3.8) is 0 Å². The highest BCUT2D eigenvalue weighted by Crippen LogP contribution is 2.25. The molecular weight excluding hydrogens is 310 g/mol. The predicted octanol–water partition coefficient (Wildman–Crippen LogP) is 1.68. The lowest BCUT2D eigenvalue weighted by Gasteiger charge is -2.07. The number of halogens is 1. The van der Waals surface area contributed by atoms with Crippen LogP contribution in [0.5, 0.6) is 0 Å². The normalized spacial score (nSPS) is 19.4. The van der Waals surface area contributed by atoms with Crippen LogP contribution in [0, 0.1) is 10.1 Å². The second kappa shape index (κ2) is 6.06. The Kier molecular flexibility index (Phi) is 4.61. The van der Waals surface area contributed by atoms with Crippen molar-refractivity contribution in [2.24, 2.45) is 0 Å². The van der Waals surface area contributed by atoms with Crippen molar-refractivity contribution in [3.05, 3.63) is 16.3 Å². The Balaban J connectivity index is 2.03. The fraction of sp³-hybridized carbons (Fsp3) is 0.700. The van der Waals surface area contributed by atoms with Gasteiger partial charge in [0.1, 0.15) is 0 Å². The molecule has 1 atom stereocenters. The molecule has 0 bridgehead atoms. The maximum atomic E-state index is 11.2. The lowest BCUT2D eigenvalue weighted by atomic mass is 10.1. The van der Waals surface area contributed by atoms with E-state index in [9.17, 15) is 18.5 Å². The summed E-state index contributed by atoms with van der Waals surface area (Å²) in [5.74, 6) is -0.739. The molecule has 1 aromatic rings. The summed E-state index contributed by atoms with van der Waals surface area (Å²) in [7, 11) is 0.977. The lowest BCUT2D eigenvalue weighted by Crippen LogP contribution is -2.07. The second-order valence-corrected chi connectivity index (χ2v) is 7.09. The van der Waals surface area contributed by atoms with E-state index in [1.54, 1.807) is 0 Å². The number of rotatable bonds is 6. The van der Waals surface area contributed by atoms with Crippen LogP contribution in [0.3, 0.4) is 0 Å². The minimum Gasteiger partial charge on any atom is -0.378 e. The van der Waals surface area contributed by atoms with Crippen LogP contribution in [0.2, 0.25) is 0 Å². The SMILES string of the molecule is O=[N+]([O-])c1nn(CCCC2CCCO2)cc1S(=O)(=O)Cl. The third-order valence-electron chi connectivity index (χ3n) is 3.08. The first kappa shape index (κ1) is 15.2. The third-order valence-corrected chi connectivity index (χ3v) is 4.39. The number of hydrogen-bond donors (Lipinski definition) is 0. The molecule has 1 saturated heterocycles. The van der Waals surface area contributed by atoms with Crippen molar-refractivity contribution in [3.8, 4) is 0 Å². The van der Waals surface area contributed by atoms with Gasteiger partial charge in [-0.1, -0.05) is 0 Å². The van der Waals surface area contributed by atoms with Crippen LogP contribution in [0.15, 0.2) is 11.1 Å². The molecule has 8 nitrogen and oxygen atoms in total. The van der Waals surface area contributed by atoms with Gasteiger partial charge in [0, 0.05) is 17.3 Å². The van der Waals surface area contributed by atoms with E-state index >= 15 is 0 Å². The highest BCUT2D eigenvalue weighted by Gasteiger charge is 2.29. The molecule has 1 aromatic heterocycles. The molecule has 10 heteroatoms. The molecule has 0 spiro atoms. The molecular formula is C10H14ClN3O5S. The van der Waals surface area contributed by atoms with Gasteiger partial charge in [-0.05, 0) is 30.6 Å². The molecule has 1 aliphatic heterocycles. The molecule has 1 unspecified atom stereocenters. The zero-order valence-electron chi connectivity index (χ0n) is 10.6. The van der Waals surface area contributed by atoms with Crippen LogP contribution < -0.4 is 0 Å². The van der Waals surface area contributed by atoms with Crippen molar-refractivity contribution < 1.29 is 18.1 Å². The molecule has 0 aromatic carbocycles. The largest absolute Gasteiger partial charge is 0.410 e. The first-order valence-corrected chi connectivity index (χ1v) is 8.47. The average molecular weight is 324 g/mol. The predicted molar refractivity (Wildman–Crippen MR) is 70.1 cm³/mol. The Labute approximate surface area is 120 Å². The van der Waals surface area contributed by atoms with E-state index in [4.69, 9.17) is 15.4 Å². The lowest BCUT2D eigenvalue weighted by molar-refractivity contribution is -0.392. The molecule has 0 aliphatic carbocycles. The molecule has 1 aliphatic rings. The monoisotopic (exact) mass is 323 g/mol. The van der Waals surface area contributed by atoms with E-state index in [0.29, 0.717) is 13.0 Å². The van der Waals surface area contributed by atoms with E-state index in [0.717, 1.165) is 32.1 Å². The summed E-state index contributed by atoms with van der Waals surface area (Å²) >= 11 is 0. The smallest absolute Gasteiger partial charge is 0.378 e. The van der Waals surface area contributed by atoms with Crippen molar-refractivity contribution >= 4 is 25.6 Å². The summed E-state index contributed by atoms with van der Waals surface area (Å²) in [6, 6.07) is 0. The summed E-state index contributed by atoms with van der Waals surface area (Å²) in [4.78, 5) is 9.33. The number of nitrogens with zero attached hydrogens (tertiary/aromatic N) is 3. The quantitative estimate of drug-likeness (QED) is 0.448. The van der Waals surface area contributed by atoms with Crippen molar-refractivity contribution in [2.75, 3.05) is 6.61 Å². The number of nitro groups is 1. The number of hydrogen-bond acceptors (Lipinski definition) is 6. The van der Waals surface area contributed by atoms with Crippen molar-refractivity contribution in [1.82, 2.24) is 9.78 Å². The van der Waals surface area contributed by atoms with Gasteiger partial charge in [0.25, 0.3) is 9.05 Å². The van der Waals surface area contributed by atoms with Gasteiger partial charge in [0.15, 0.2) is 0 Å². The fourth-order valence-corrected chi connectivity index (χ4v) is 3.07. The first-order chi connectivity index (χ1) is 9.38. The second-order valence-electron chi connectivity index (χ2n) is 4.55. The van der Waals surface area contributed by atoms with Crippen LogP contribution in [-0.4, -0.2) is 35.8 Å². The molecule has 20 heavy (non-hydrogen) atoms. The maximum Gasteiger partial charge on any atom is 0.410 e. The molecule has 2 heterocycles. The van der Waals surface area contributed by atoms with Gasteiger partial charge in [0.2, 0.25) is 4.90 Å². The molecule has 0 radical (unpaired) electrons. The Bertz CT molecular complexity index is 594. The molecule has 112 valence electrons. The van der Waals surface area contributed by atoms with Crippen LogP contribution in [0.25, 0.3) is 0 Å². The number of aryl methyl sites for hydroxylation is 1. The molecule has 0 N–H and O–H groups in total. The Morgan fingerprint density at radius 1 is 1.60 bits per heavy atom. The Hall–Kier alpha value is -1.19. The number of aromatic nitrogens is 2. The van der Waals surface area contributed by atoms with Gasteiger partial charge < -0.3 is 14.9 Å². The van der Waals surface area contributed by atoms with E-state index in [-0.39, 0.29) is 6.10 Å². The van der Waals surface area contributed by atoms with E-state index < -0.39 is 24.7 Å². The standard InChI is InChI=1S/C10H14ClN3O5S/c11-20(17,18)9-7-13(12-10(9)14(15)16)5-1-3-8-4-2-6-19-8/h7-8H,1-6H2. The van der Waals surface area contributed by atoms with Crippen molar-refractivity contribution in [1.29, 1.82) is 0 Å². The summed E-state index contributed by atoms with van der Waals surface area (Å²) < 4.78 is 29.2. The molecule has 1 fully saturated rings. The minimum absolute atomic E-state index is 0.219. The summed E-state index contributed by atoms with van der Waals surface area (Å²) in [6.45, 7) is 1.15. The van der Waals surface area contributed by atoms with E-state index in [2.05, 4.69) is 5.10 Å². The van der Waals surface area contributed by atoms with Gasteiger partial charge >= 0.3 is 5.82 Å². The minimum atomic E-state index is -4.18. The number of ether oxygens (including phenoxy) is 1. The van der Waals surface area contributed by atoms with E-state index in [1.165, 1.54) is 4.68 Å². The van der Waals surface area contributed by atoms with Gasteiger partial charge in [-0.15, -0.1) is 0 Å². The zero-order valence-corrected chi connectivity index (χ0v) is 12.1. The summed E-state index contributed by atoms with van der Waals surface area (Å²) in [5, 5.41) is 14.4. The topological polar surface area (TPSA) is 104 Å². The maximum absolute atomic E-state index is 11.2. The van der Waals surface area contributed by atoms with Gasteiger partial charge in [-0.25, -0.2) is 8.42 Å². The fourth-order valence-electron chi connectivity index (χ4n) is 2.16. The van der Waals surface area contributed by atoms with Gasteiger partial charge in [0.05, 0.1) is 23.9 Å². The molecule has 0 amide bonds. The Morgan fingerprint density at radius 2 is 2.35 bits per heavy atom. The van der Waals surface area contributed by atoms with Crippen LogP contribution >= 0.6 is 10.7 Å². The van der Waals surface area contributed by atoms with Crippen LogP contribution in [-0.2, 0) is 20.3 Å². The molecule has 2 rings (SSSR count). The zero-order chi connectivity index (χ0) is 14.8. The highest BCUT2D eigenvalue weighted by molar-refractivity contribution is 8.13. The first-order valence-electron chi connectivity index (χ1n) is 6.16. The van der Waals surface area contributed by atoms with Gasteiger partial charge in [-0.2, -0.15) is 4.68 Å². The third kappa shape index (κ3) is 3.68. The van der Waals surface area contributed by atoms with Crippen LogP contribution in [0.1, 0.15) is 25.7 Å².